The van der Waals surface area contributed by atoms with Crippen LogP contribution in [0.3, 0.4) is 0 Å². The first kappa shape index (κ1) is 75.1. The van der Waals surface area contributed by atoms with E-state index in [2.05, 4.69) is 55.6 Å². The SMILES string of the molecule is CCC/C=C\C/C=C\CCCCCCCC(=O)OCCCCCCCCCCCCCC/C=C\CCCCCCCCCCCCCCCC(=O)NC(CO)C(O)CCCCCCCCCCCCCCCCCCCC. The standard InChI is InChI=1S/C71H135NO5/c1-3-5-7-9-11-13-15-17-18-19-33-36-40-43-47-51-55-59-63-69(74)68(67-73)72-70(75)64-60-56-52-48-44-41-37-34-31-29-27-25-23-21-20-22-24-26-28-30-32-35-38-42-46-50-54-58-62-66-77-71(76)65-61-57-53-49-45-39-16-14-12-10-8-6-4-2/h8,10,14,16,20,22,68-69,73-74H,3-7,9,11-13,15,17-19,21,23-67H2,1-2H3,(H,72,75)/b10-8-,16-14-,22-20-. The van der Waals surface area contributed by atoms with E-state index in [4.69, 9.17) is 4.74 Å². The Kier molecular flexibility index (Phi) is 64.9. The third kappa shape index (κ3) is 63.1. The summed E-state index contributed by atoms with van der Waals surface area (Å²) >= 11 is 0. The molecule has 0 bridgehead atoms. The molecule has 6 heteroatoms. The van der Waals surface area contributed by atoms with Gasteiger partial charge in [-0.2, -0.15) is 0 Å². The van der Waals surface area contributed by atoms with E-state index in [1.807, 2.05) is 0 Å². The zero-order chi connectivity index (χ0) is 55.7. The summed E-state index contributed by atoms with van der Waals surface area (Å²) in [4.78, 5) is 24.6. The number of rotatable bonds is 65. The van der Waals surface area contributed by atoms with Crippen molar-refractivity contribution in [1.82, 2.24) is 5.32 Å². The number of ether oxygens (including phenoxy) is 1. The zero-order valence-corrected chi connectivity index (χ0v) is 52.0. The van der Waals surface area contributed by atoms with Crippen LogP contribution in [0, 0.1) is 0 Å². The van der Waals surface area contributed by atoms with E-state index in [-0.39, 0.29) is 18.5 Å². The fourth-order valence-corrected chi connectivity index (χ4v) is 10.9. The van der Waals surface area contributed by atoms with Crippen LogP contribution >= 0.6 is 0 Å². The maximum absolute atomic E-state index is 12.5. The van der Waals surface area contributed by atoms with E-state index in [1.54, 1.807) is 0 Å². The molecule has 454 valence electrons. The molecule has 0 aliphatic carbocycles. The number of unbranched alkanes of at least 4 members (excludes halogenated alkanes) is 48. The largest absolute Gasteiger partial charge is 0.466 e. The minimum Gasteiger partial charge on any atom is -0.466 e. The Morgan fingerprint density at radius 1 is 0.364 bits per heavy atom. The Hall–Kier alpha value is -1.92. The third-order valence-corrected chi connectivity index (χ3v) is 16.1. The van der Waals surface area contributed by atoms with Crippen LogP contribution < -0.4 is 5.32 Å². The second-order valence-electron chi connectivity index (χ2n) is 23.9. The quantitative estimate of drug-likeness (QED) is 0.0320. The van der Waals surface area contributed by atoms with Gasteiger partial charge >= 0.3 is 5.97 Å². The van der Waals surface area contributed by atoms with Gasteiger partial charge in [-0.05, 0) is 77.0 Å². The molecule has 0 spiro atoms. The summed E-state index contributed by atoms with van der Waals surface area (Å²) in [6, 6.07) is -0.541. The van der Waals surface area contributed by atoms with E-state index < -0.39 is 12.1 Å². The van der Waals surface area contributed by atoms with E-state index in [0.717, 1.165) is 51.4 Å². The van der Waals surface area contributed by atoms with Crippen LogP contribution in [0.4, 0.5) is 0 Å². The predicted molar refractivity (Wildman–Crippen MR) is 338 cm³/mol. The molecule has 0 aliphatic rings. The monoisotopic (exact) mass is 1080 g/mol. The van der Waals surface area contributed by atoms with Crippen molar-refractivity contribution in [2.75, 3.05) is 13.2 Å². The molecular weight excluding hydrogens is 947 g/mol. The first-order valence-electron chi connectivity index (χ1n) is 34.7. The normalized spacial score (nSPS) is 12.7. The number of esters is 1. The second-order valence-corrected chi connectivity index (χ2v) is 23.9. The lowest BCUT2D eigenvalue weighted by molar-refractivity contribution is -0.143. The van der Waals surface area contributed by atoms with Gasteiger partial charge in [-0.3, -0.25) is 9.59 Å². The molecule has 77 heavy (non-hydrogen) atoms. The highest BCUT2D eigenvalue weighted by molar-refractivity contribution is 5.76. The topological polar surface area (TPSA) is 95.9 Å². The zero-order valence-electron chi connectivity index (χ0n) is 52.0. The van der Waals surface area contributed by atoms with Crippen molar-refractivity contribution in [2.45, 2.75) is 392 Å². The van der Waals surface area contributed by atoms with Crippen molar-refractivity contribution in [3.8, 4) is 0 Å². The lowest BCUT2D eigenvalue weighted by Crippen LogP contribution is -2.45. The highest BCUT2D eigenvalue weighted by atomic mass is 16.5. The highest BCUT2D eigenvalue weighted by Crippen LogP contribution is 2.19. The van der Waals surface area contributed by atoms with Crippen molar-refractivity contribution in [1.29, 1.82) is 0 Å². The molecule has 0 aromatic rings. The molecule has 2 unspecified atom stereocenters. The number of carbonyl (C=O) groups is 2. The molecule has 0 aliphatic heterocycles. The lowest BCUT2D eigenvalue weighted by Gasteiger charge is -2.22. The van der Waals surface area contributed by atoms with Gasteiger partial charge < -0.3 is 20.3 Å². The lowest BCUT2D eigenvalue weighted by atomic mass is 10.0. The van der Waals surface area contributed by atoms with Crippen LogP contribution in [0.1, 0.15) is 380 Å². The molecule has 3 N–H and O–H groups in total. The number of amides is 1. The Labute approximate surface area is 481 Å². The molecule has 0 aromatic heterocycles. The average molecular weight is 1080 g/mol. The Balaban J connectivity index is 3.38. The van der Waals surface area contributed by atoms with Crippen molar-refractivity contribution < 1.29 is 24.5 Å². The number of aliphatic hydroxyl groups excluding tert-OH is 2. The molecule has 0 aromatic carbocycles. The van der Waals surface area contributed by atoms with Gasteiger partial charge in [0.05, 0.1) is 25.4 Å². The van der Waals surface area contributed by atoms with Gasteiger partial charge in [-0.1, -0.05) is 326 Å². The third-order valence-electron chi connectivity index (χ3n) is 16.1. The van der Waals surface area contributed by atoms with E-state index in [0.29, 0.717) is 25.9 Å². The average Bonchev–Trinajstić information content (AvgIpc) is 3.43. The fourth-order valence-electron chi connectivity index (χ4n) is 10.9. The number of hydrogen-bond acceptors (Lipinski definition) is 5. The molecule has 0 rings (SSSR count). The molecular formula is C71H135NO5. The number of nitrogens with one attached hydrogen (secondary N) is 1. The fraction of sp³-hybridized carbons (Fsp3) is 0.887. The van der Waals surface area contributed by atoms with E-state index >= 15 is 0 Å². The molecule has 0 saturated carbocycles. The number of hydrogen-bond donors (Lipinski definition) is 3. The number of allylic oxidation sites excluding steroid dienone is 6. The van der Waals surface area contributed by atoms with E-state index in [9.17, 15) is 19.8 Å². The summed E-state index contributed by atoms with van der Waals surface area (Å²) < 4.78 is 5.47. The molecule has 6 nitrogen and oxygen atoms in total. The summed E-state index contributed by atoms with van der Waals surface area (Å²) in [5, 5.41) is 23.4. The smallest absolute Gasteiger partial charge is 0.305 e. The maximum atomic E-state index is 12.5. The molecule has 0 radical (unpaired) electrons. The molecule has 1 amide bonds. The van der Waals surface area contributed by atoms with Crippen LogP contribution in [0.25, 0.3) is 0 Å². The summed E-state index contributed by atoms with van der Waals surface area (Å²) in [5.74, 6) is -0.0295. The highest BCUT2D eigenvalue weighted by Gasteiger charge is 2.20. The second kappa shape index (κ2) is 66.6. The van der Waals surface area contributed by atoms with Gasteiger partial charge in [-0.15, -0.1) is 0 Å². The molecule has 0 fully saturated rings. The minimum absolute atomic E-state index is 0.00139. The summed E-state index contributed by atoms with van der Waals surface area (Å²) in [6.45, 7) is 4.91. The minimum atomic E-state index is -0.664. The van der Waals surface area contributed by atoms with E-state index in [1.165, 1.54) is 295 Å². The van der Waals surface area contributed by atoms with Gasteiger partial charge in [0.15, 0.2) is 0 Å². The van der Waals surface area contributed by atoms with Crippen LogP contribution in [-0.4, -0.2) is 47.4 Å². The van der Waals surface area contributed by atoms with Crippen LogP contribution in [-0.2, 0) is 14.3 Å². The number of aliphatic hydroxyl groups is 2. The Morgan fingerprint density at radius 3 is 1.05 bits per heavy atom. The van der Waals surface area contributed by atoms with Gasteiger partial charge in [0.25, 0.3) is 0 Å². The molecule has 0 saturated heterocycles. The van der Waals surface area contributed by atoms with Gasteiger partial charge in [0, 0.05) is 12.8 Å². The maximum Gasteiger partial charge on any atom is 0.305 e. The van der Waals surface area contributed by atoms with Crippen LogP contribution in [0.5, 0.6) is 0 Å². The van der Waals surface area contributed by atoms with Crippen LogP contribution in [0.15, 0.2) is 36.5 Å². The van der Waals surface area contributed by atoms with Crippen molar-refractivity contribution in [3.63, 3.8) is 0 Å². The van der Waals surface area contributed by atoms with Gasteiger partial charge in [-0.25, -0.2) is 0 Å². The molecule has 0 heterocycles. The Morgan fingerprint density at radius 2 is 0.675 bits per heavy atom. The first-order valence-corrected chi connectivity index (χ1v) is 34.7. The van der Waals surface area contributed by atoms with Crippen molar-refractivity contribution >= 4 is 11.9 Å². The predicted octanol–water partition coefficient (Wildman–Crippen LogP) is 22.3. The summed E-state index contributed by atoms with van der Waals surface area (Å²) in [5.41, 5.74) is 0. The summed E-state index contributed by atoms with van der Waals surface area (Å²) in [7, 11) is 0. The Bertz CT molecular complexity index is 1250. The molecule has 2 atom stereocenters. The van der Waals surface area contributed by atoms with Crippen molar-refractivity contribution in [2.24, 2.45) is 0 Å². The van der Waals surface area contributed by atoms with Crippen LogP contribution in [0.2, 0.25) is 0 Å². The van der Waals surface area contributed by atoms with Crippen molar-refractivity contribution in [3.05, 3.63) is 36.5 Å². The number of carbonyl (C=O) groups excluding carboxylic acids is 2. The first-order chi connectivity index (χ1) is 38.0. The van der Waals surface area contributed by atoms with Gasteiger partial charge in [0.2, 0.25) is 5.91 Å². The summed E-state index contributed by atoms with van der Waals surface area (Å²) in [6.07, 6.45) is 84.7. The van der Waals surface area contributed by atoms with Gasteiger partial charge in [0.1, 0.15) is 0 Å².